The SMILES string of the molecule is C[C](C)=[Zr]([CH3])([CH3])([CH3])([CH3])([CH3])([CH3])([CH3])([C]1=CC=CC1)[c]1ccc[pH]1.Cl.Cl. The number of halogens is 2. The summed E-state index contributed by atoms with van der Waals surface area (Å²) in [5, 5.41) is 0. The third-order valence-corrected chi connectivity index (χ3v) is 68.0. The van der Waals surface area contributed by atoms with E-state index in [2.05, 4.69) is 82.4 Å². The Morgan fingerprint density at radius 1 is 0.957 bits per heavy atom. The molecule has 4 heteroatoms. The molecular weight excluding hydrogens is 421 g/mol. The van der Waals surface area contributed by atoms with Crippen molar-refractivity contribution in [2.24, 2.45) is 0 Å². The topological polar surface area (TPSA) is 0 Å². The molecule has 0 aromatic carbocycles. The maximum absolute atomic E-state index is 5.74. The number of allylic oxidation sites excluding steroid dienone is 4. The Kier molecular flexibility index (Phi) is 2.76. The van der Waals surface area contributed by atoms with E-state index in [0.29, 0.717) is 0 Å². The molecule has 1 aliphatic carbocycles. The van der Waals surface area contributed by atoms with E-state index in [1.54, 1.807) is 9.49 Å². The number of hydrogen-bond acceptors (Lipinski definition) is 0. The first kappa shape index (κ1) is 23.6. The van der Waals surface area contributed by atoms with E-state index < -0.39 is 10.9 Å². The Labute approximate surface area is 141 Å². The predicted octanol–water partition coefficient (Wildman–Crippen LogP) is 7.95. The van der Waals surface area contributed by atoms with Crippen molar-refractivity contribution in [3.8, 4) is 0 Å². The van der Waals surface area contributed by atoms with Gasteiger partial charge in [0, 0.05) is 0 Å². The second-order valence-corrected chi connectivity index (χ2v) is 107. The summed E-state index contributed by atoms with van der Waals surface area (Å²) in [7, 11) is -4.98. The number of rotatable bonds is 2. The Morgan fingerprint density at radius 3 is 1.78 bits per heavy atom. The Bertz CT molecular complexity index is 959. The van der Waals surface area contributed by atoms with Gasteiger partial charge in [-0.05, 0) is 0 Å². The Morgan fingerprint density at radius 2 is 1.48 bits per heavy atom. The fourth-order valence-corrected chi connectivity index (χ4v) is 32.6. The summed E-state index contributed by atoms with van der Waals surface area (Å²) in [5.41, 5.74) is 0. The Balaban J connectivity index is 0.00000242. The van der Waals surface area contributed by atoms with Gasteiger partial charge in [0.25, 0.3) is 0 Å². The smallest absolute Gasteiger partial charge is 0.147 e. The first-order valence-electron chi connectivity index (χ1n) is 8.46. The van der Waals surface area contributed by atoms with E-state index in [1.807, 2.05) is 0 Å². The average molecular weight is 460 g/mol. The molecule has 1 unspecified atom stereocenters. The second kappa shape index (κ2) is 2.69. The van der Waals surface area contributed by atoms with Gasteiger partial charge < -0.3 is 0 Å². The van der Waals surface area contributed by atoms with Crippen molar-refractivity contribution in [2.45, 2.75) is 52.7 Å². The Hall–Kier alpha value is 0.593. The van der Waals surface area contributed by atoms with Gasteiger partial charge in [-0.1, -0.05) is 0 Å². The molecule has 137 valence electrons. The minimum atomic E-state index is -5.74. The third-order valence-electron chi connectivity index (χ3n) is 10.1. The minimum absolute atomic E-state index is 0. The molecule has 0 saturated carbocycles. The van der Waals surface area contributed by atoms with E-state index in [1.165, 1.54) is 0 Å². The fourth-order valence-electron chi connectivity index (χ4n) is 4.27. The molecule has 1 aromatic rings. The van der Waals surface area contributed by atoms with Crippen LogP contribution in [0.2, 0.25) is 32.4 Å². The van der Waals surface area contributed by atoms with Gasteiger partial charge in [0.15, 0.2) is 0 Å². The van der Waals surface area contributed by atoms with Crippen molar-refractivity contribution in [1.29, 1.82) is 0 Å². The molecule has 1 aliphatic rings. The average Bonchev–Trinajstić information content (AvgIpc) is 2.91. The van der Waals surface area contributed by atoms with Crippen LogP contribution in [-0.2, 0) is 10.9 Å². The maximum atomic E-state index is 2.64. The quantitative estimate of drug-likeness (QED) is 0.421. The summed E-state index contributed by atoms with van der Waals surface area (Å²) in [4.78, 5) is 0. The molecule has 1 heterocycles. The van der Waals surface area contributed by atoms with Crippen LogP contribution >= 0.6 is 33.0 Å². The molecule has 0 nitrogen and oxygen atoms in total. The van der Waals surface area contributed by atoms with E-state index in [9.17, 15) is 0 Å². The second-order valence-electron chi connectivity index (χ2n) is 19.5. The zero-order valence-corrected chi connectivity index (χ0v) is 21.6. The van der Waals surface area contributed by atoms with Gasteiger partial charge in [-0.2, -0.15) is 0 Å². The van der Waals surface area contributed by atoms with Crippen LogP contribution < -0.4 is 3.00 Å². The molecule has 0 bridgehead atoms. The molecule has 0 aliphatic heterocycles. The first-order chi connectivity index (χ1) is 8.55. The monoisotopic (exact) mass is 457 g/mol. The van der Waals surface area contributed by atoms with Crippen LogP contribution in [0.4, 0.5) is 0 Å². The van der Waals surface area contributed by atoms with Gasteiger partial charge >= 0.3 is 117 Å². The van der Waals surface area contributed by atoms with Crippen molar-refractivity contribution in [2.75, 3.05) is 0 Å². The fraction of sp³-hybridized carbons (Fsp3) is 0.526. The molecule has 0 N–H and O–H groups in total. The molecule has 0 saturated heterocycles. The van der Waals surface area contributed by atoms with Crippen LogP contribution in [0, 0.1) is 0 Å². The van der Waals surface area contributed by atoms with Gasteiger partial charge in [-0.15, -0.1) is 24.8 Å². The van der Waals surface area contributed by atoms with Crippen LogP contribution in [0.15, 0.2) is 39.4 Å². The van der Waals surface area contributed by atoms with Crippen LogP contribution in [0.1, 0.15) is 20.3 Å². The van der Waals surface area contributed by atoms with Crippen LogP contribution in [0.3, 0.4) is 0 Å². The predicted molar refractivity (Wildman–Crippen MR) is 119 cm³/mol. The summed E-state index contributed by atoms with van der Waals surface area (Å²) in [6.07, 6.45) is 8.03. The van der Waals surface area contributed by atoms with Crippen LogP contribution in [0.25, 0.3) is 0 Å². The van der Waals surface area contributed by atoms with E-state index in [0.717, 1.165) is 14.6 Å². The standard InChI is InChI=1S/C5H5.C4H4P.C3H6.7CH3.2ClH.Zr/c2*1-2-4-5-3-1;1-3-2;;;;;;;;;;/h1-3H,4H2;1-3,5H;1-2H3;7*1H3;2*1H;. The summed E-state index contributed by atoms with van der Waals surface area (Å²) in [5.74, 6) is 2.35. The molecular formula is C19H38Cl2PZr. The molecule has 1 aromatic heterocycles. The van der Waals surface area contributed by atoms with Gasteiger partial charge in [-0.3, -0.25) is 0 Å². The van der Waals surface area contributed by atoms with Crippen LogP contribution in [0.5, 0.6) is 0 Å². The number of hydrogen-bond donors (Lipinski definition) is 0. The van der Waals surface area contributed by atoms with Crippen molar-refractivity contribution in [3.05, 3.63) is 39.4 Å². The zero-order valence-electron chi connectivity index (χ0n) is 16.5. The minimum Gasteiger partial charge on any atom is -0.147 e. The zero-order chi connectivity index (χ0) is 16.7. The van der Waals surface area contributed by atoms with Gasteiger partial charge in [-0.25, -0.2) is 0 Å². The maximum Gasteiger partial charge on any atom is -0.147 e. The van der Waals surface area contributed by atoms with Crippen molar-refractivity contribution < 1.29 is 10.9 Å². The van der Waals surface area contributed by atoms with E-state index in [4.69, 9.17) is 0 Å². The molecule has 0 fully saturated rings. The molecule has 2 rings (SSSR count). The van der Waals surface area contributed by atoms with Gasteiger partial charge in [0.05, 0.1) is 0 Å². The normalized spacial score (nSPS) is 26.6. The molecule has 0 spiro atoms. The third kappa shape index (κ3) is 2.04. The molecule has 1 atom stereocenters. The summed E-state index contributed by atoms with van der Waals surface area (Å²) < 4.78 is 23.2. The van der Waals surface area contributed by atoms with Gasteiger partial charge in [0.1, 0.15) is 0 Å². The summed E-state index contributed by atoms with van der Waals surface area (Å²) >= 11 is 0. The van der Waals surface area contributed by atoms with E-state index >= 15 is 0 Å². The van der Waals surface area contributed by atoms with Crippen molar-refractivity contribution in [1.82, 2.24) is 0 Å². The van der Waals surface area contributed by atoms with Gasteiger partial charge in [0.2, 0.25) is 0 Å². The first-order valence-corrected chi connectivity index (χ1v) is 30.4. The van der Waals surface area contributed by atoms with Crippen molar-refractivity contribution in [3.63, 3.8) is 0 Å². The largest absolute Gasteiger partial charge is 0.147 e. The molecule has 0 amide bonds. The van der Waals surface area contributed by atoms with Crippen LogP contribution in [-0.4, -0.2) is 3.21 Å². The van der Waals surface area contributed by atoms with E-state index in [-0.39, 0.29) is 24.8 Å². The van der Waals surface area contributed by atoms with Crippen molar-refractivity contribution >= 4 is 39.2 Å². The molecule has 23 heavy (non-hydrogen) atoms. The molecule has 0 radical (unpaired) electrons. The summed E-state index contributed by atoms with van der Waals surface area (Å²) in [6, 6.07) is 4.68. The summed E-state index contributed by atoms with van der Waals surface area (Å²) in [6.45, 7) is 4.75.